The van der Waals surface area contributed by atoms with E-state index in [9.17, 15) is 9.90 Å². The number of hydrogen-bond donors (Lipinski definition) is 3. The fraction of sp³-hybridized carbons (Fsp3) is 0.238. The number of rotatable bonds is 2. The van der Waals surface area contributed by atoms with Crippen molar-refractivity contribution >= 4 is 41.2 Å². The van der Waals surface area contributed by atoms with Gasteiger partial charge in [-0.15, -0.1) is 0 Å². The number of phenolic OH excluding ortho intramolecular Hbond substituents is 1. The lowest BCUT2D eigenvalue weighted by atomic mass is 9.98. The van der Waals surface area contributed by atoms with Crippen LogP contribution in [0.3, 0.4) is 0 Å². The average Bonchev–Trinajstić information content (AvgIpc) is 3.06. The SMILES string of the molecule is NC(C(=O)N1CCC2=C(Cc3ccc(Cl)cc32)C1)c1ccc(Cl)c(O)c1.O=CO. The first-order chi connectivity index (χ1) is 13.8. The lowest BCUT2D eigenvalue weighted by Gasteiger charge is -2.31. The highest BCUT2D eigenvalue weighted by atomic mass is 35.5. The van der Waals surface area contributed by atoms with Gasteiger partial charge in [-0.1, -0.05) is 35.3 Å². The zero-order chi connectivity index (χ0) is 21.1. The van der Waals surface area contributed by atoms with Crippen molar-refractivity contribution in [1.82, 2.24) is 4.90 Å². The van der Waals surface area contributed by atoms with Crippen molar-refractivity contribution in [3.63, 3.8) is 0 Å². The molecule has 0 bridgehead atoms. The van der Waals surface area contributed by atoms with Crippen LogP contribution in [0.1, 0.15) is 29.2 Å². The standard InChI is InChI=1S/C20H18Cl2N2O2.CH2O2/c21-14-3-1-11-7-13-10-24(6-5-15(13)16(11)9-14)20(26)19(23)12-2-4-17(22)18(25)8-12;2-1-3/h1-4,8-9,19,25H,5-7,10,23H2;1H,(H,2,3). The van der Waals surface area contributed by atoms with Crippen LogP contribution in [-0.2, 0) is 16.0 Å². The van der Waals surface area contributed by atoms with Gasteiger partial charge in [0.25, 0.3) is 6.47 Å². The number of hydrogen-bond acceptors (Lipinski definition) is 4. The number of nitrogens with two attached hydrogens (primary N) is 1. The summed E-state index contributed by atoms with van der Waals surface area (Å²) in [6, 6.07) is 9.83. The number of aromatic hydroxyl groups is 1. The largest absolute Gasteiger partial charge is 0.506 e. The van der Waals surface area contributed by atoms with Crippen LogP contribution in [0.5, 0.6) is 5.75 Å². The molecule has 8 heteroatoms. The monoisotopic (exact) mass is 434 g/mol. The van der Waals surface area contributed by atoms with Gasteiger partial charge in [0.05, 0.1) is 5.02 Å². The fourth-order valence-corrected chi connectivity index (χ4v) is 4.07. The molecule has 1 aliphatic heterocycles. The van der Waals surface area contributed by atoms with Crippen LogP contribution < -0.4 is 5.73 Å². The van der Waals surface area contributed by atoms with Crippen molar-refractivity contribution < 1.29 is 19.8 Å². The molecule has 1 heterocycles. The van der Waals surface area contributed by atoms with E-state index in [0.717, 1.165) is 17.9 Å². The van der Waals surface area contributed by atoms with Gasteiger partial charge in [-0.05, 0) is 64.9 Å². The second-order valence-electron chi connectivity index (χ2n) is 6.86. The third-order valence-corrected chi connectivity index (χ3v) is 5.70. The molecule has 1 unspecified atom stereocenters. The zero-order valence-corrected chi connectivity index (χ0v) is 17.0. The Bertz CT molecular complexity index is 991. The smallest absolute Gasteiger partial charge is 0.290 e. The highest BCUT2D eigenvalue weighted by Gasteiger charge is 2.31. The highest BCUT2D eigenvalue weighted by Crippen LogP contribution is 2.39. The van der Waals surface area contributed by atoms with Crippen molar-refractivity contribution in [1.29, 1.82) is 0 Å². The van der Waals surface area contributed by atoms with E-state index in [1.165, 1.54) is 28.3 Å². The van der Waals surface area contributed by atoms with Gasteiger partial charge in [-0.25, -0.2) is 0 Å². The van der Waals surface area contributed by atoms with Crippen molar-refractivity contribution in [2.24, 2.45) is 5.73 Å². The molecule has 2 aromatic rings. The summed E-state index contributed by atoms with van der Waals surface area (Å²) in [5, 5.41) is 17.6. The molecule has 0 saturated heterocycles. The summed E-state index contributed by atoms with van der Waals surface area (Å²) >= 11 is 12.0. The molecule has 0 fully saturated rings. The maximum Gasteiger partial charge on any atom is 0.290 e. The van der Waals surface area contributed by atoms with Crippen molar-refractivity contribution in [3.05, 3.63) is 68.7 Å². The Labute approximate surface area is 178 Å². The third-order valence-electron chi connectivity index (χ3n) is 5.15. The summed E-state index contributed by atoms with van der Waals surface area (Å²) in [6.45, 7) is 0.949. The molecule has 0 saturated carbocycles. The van der Waals surface area contributed by atoms with E-state index in [4.69, 9.17) is 38.8 Å². The average molecular weight is 435 g/mol. The molecule has 1 aliphatic carbocycles. The minimum atomic E-state index is -0.821. The molecule has 1 atom stereocenters. The molecule has 4 rings (SSSR count). The van der Waals surface area contributed by atoms with Gasteiger partial charge in [0.2, 0.25) is 5.91 Å². The molecule has 0 radical (unpaired) electrons. The van der Waals surface area contributed by atoms with Crippen molar-refractivity contribution in [3.8, 4) is 5.75 Å². The van der Waals surface area contributed by atoms with Gasteiger partial charge in [-0.3, -0.25) is 9.59 Å². The van der Waals surface area contributed by atoms with Gasteiger partial charge >= 0.3 is 0 Å². The Hall–Kier alpha value is -2.54. The van der Waals surface area contributed by atoms with E-state index in [1.54, 1.807) is 17.0 Å². The Balaban J connectivity index is 0.000000755. The summed E-state index contributed by atoms with van der Waals surface area (Å²) in [5.74, 6) is -0.216. The van der Waals surface area contributed by atoms with Crippen LogP contribution in [0.15, 0.2) is 42.0 Å². The van der Waals surface area contributed by atoms with E-state index in [-0.39, 0.29) is 23.2 Å². The zero-order valence-electron chi connectivity index (χ0n) is 15.4. The predicted molar refractivity (Wildman–Crippen MR) is 112 cm³/mol. The first-order valence-electron chi connectivity index (χ1n) is 8.96. The molecule has 1 amide bonds. The summed E-state index contributed by atoms with van der Waals surface area (Å²) in [5.41, 5.74) is 11.8. The number of halogens is 2. The molecule has 2 aliphatic rings. The van der Waals surface area contributed by atoms with E-state index in [1.807, 2.05) is 12.1 Å². The summed E-state index contributed by atoms with van der Waals surface area (Å²) in [7, 11) is 0. The van der Waals surface area contributed by atoms with E-state index in [2.05, 4.69) is 6.07 Å². The second kappa shape index (κ2) is 8.86. The molecule has 0 spiro atoms. The number of amides is 1. The number of phenols is 1. The second-order valence-corrected chi connectivity index (χ2v) is 7.71. The van der Waals surface area contributed by atoms with Crippen molar-refractivity contribution in [2.75, 3.05) is 13.1 Å². The lowest BCUT2D eigenvalue weighted by molar-refractivity contribution is -0.132. The van der Waals surface area contributed by atoms with Crippen LogP contribution >= 0.6 is 23.2 Å². The van der Waals surface area contributed by atoms with Crippen LogP contribution in [0.25, 0.3) is 5.57 Å². The molecule has 152 valence electrons. The predicted octanol–water partition coefficient (Wildman–Crippen LogP) is 3.64. The molecule has 4 N–H and O–H groups in total. The van der Waals surface area contributed by atoms with Crippen LogP contribution in [-0.4, -0.2) is 40.6 Å². The first-order valence-corrected chi connectivity index (χ1v) is 9.71. The van der Waals surface area contributed by atoms with Crippen LogP contribution in [0.2, 0.25) is 10.0 Å². The number of carbonyl (C=O) groups excluding carboxylic acids is 1. The van der Waals surface area contributed by atoms with E-state index >= 15 is 0 Å². The first kappa shape index (κ1) is 21.2. The number of fused-ring (bicyclic) bond motifs is 2. The number of carboxylic acid groups (broad SMARTS) is 1. The number of carbonyl (C=O) groups is 2. The van der Waals surface area contributed by atoms with Gasteiger partial charge in [-0.2, -0.15) is 0 Å². The molecular weight excluding hydrogens is 415 g/mol. The molecule has 29 heavy (non-hydrogen) atoms. The Kier molecular flexibility index (Phi) is 6.47. The fourth-order valence-electron chi connectivity index (χ4n) is 3.78. The Morgan fingerprint density at radius 3 is 2.62 bits per heavy atom. The van der Waals surface area contributed by atoms with Gasteiger partial charge in [0, 0.05) is 18.1 Å². The summed E-state index contributed by atoms with van der Waals surface area (Å²) in [4.78, 5) is 23.0. The van der Waals surface area contributed by atoms with E-state index < -0.39 is 6.04 Å². The van der Waals surface area contributed by atoms with Gasteiger partial charge in [0.1, 0.15) is 11.8 Å². The van der Waals surface area contributed by atoms with E-state index in [0.29, 0.717) is 18.7 Å². The summed E-state index contributed by atoms with van der Waals surface area (Å²) in [6.07, 6.45) is 1.65. The maximum absolute atomic E-state index is 12.9. The molecular formula is C21H20Cl2N2O4. The van der Waals surface area contributed by atoms with Crippen LogP contribution in [0.4, 0.5) is 0 Å². The maximum atomic E-state index is 12.9. The molecule has 2 aromatic carbocycles. The minimum absolute atomic E-state index is 0.0702. The van der Waals surface area contributed by atoms with Crippen molar-refractivity contribution in [2.45, 2.75) is 18.9 Å². The quantitative estimate of drug-likeness (QED) is 0.625. The lowest BCUT2D eigenvalue weighted by Crippen LogP contribution is -2.42. The topological polar surface area (TPSA) is 104 Å². The minimum Gasteiger partial charge on any atom is -0.506 e. The Morgan fingerprint density at radius 1 is 1.21 bits per heavy atom. The highest BCUT2D eigenvalue weighted by molar-refractivity contribution is 6.32. The van der Waals surface area contributed by atoms with Gasteiger partial charge < -0.3 is 20.8 Å². The Morgan fingerprint density at radius 2 is 1.93 bits per heavy atom. The van der Waals surface area contributed by atoms with Gasteiger partial charge in [0.15, 0.2) is 0 Å². The molecule has 0 aromatic heterocycles. The summed E-state index contributed by atoms with van der Waals surface area (Å²) < 4.78 is 0. The molecule has 6 nitrogen and oxygen atoms in total. The third kappa shape index (κ3) is 4.40. The number of nitrogens with zero attached hydrogens (tertiary/aromatic N) is 1. The van der Waals surface area contributed by atoms with Crippen LogP contribution in [0, 0.1) is 0 Å². The normalized spacial score (nSPS) is 15.8. The number of benzene rings is 2.